The molecule has 0 bridgehead atoms. The van der Waals surface area contributed by atoms with Crippen LogP contribution in [0.2, 0.25) is 10.0 Å². The molecule has 0 heterocycles. The lowest BCUT2D eigenvalue weighted by Gasteiger charge is -2.12. The van der Waals surface area contributed by atoms with Crippen LogP contribution in [0.4, 0.5) is 4.79 Å². The van der Waals surface area contributed by atoms with Crippen molar-refractivity contribution in [1.82, 2.24) is 10.7 Å². The quantitative estimate of drug-likeness (QED) is 0.577. The summed E-state index contributed by atoms with van der Waals surface area (Å²) in [4.78, 5) is 11.4. The number of aliphatic hydroxyl groups excluding tert-OH is 1. The van der Waals surface area contributed by atoms with Crippen molar-refractivity contribution in [2.45, 2.75) is 19.4 Å². The molecule has 0 saturated heterocycles. The highest BCUT2D eigenvalue weighted by Crippen LogP contribution is 2.21. The second kappa shape index (κ2) is 7.99. The zero-order chi connectivity index (χ0) is 14.3. The Kier molecular flexibility index (Phi) is 6.62. The lowest BCUT2D eigenvalue weighted by Crippen LogP contribution is -2.41. The summed E-state index contributed by atoms with van der Waals surface area (Å²) in [6, 6.07) is 4.25. The molecule has 0 fully saturated rings. The van der Waals surface area contributed by atoms with Gasteiger partial charge < -0.3 is 10.4 Å². The van der Waals surface area contributed by atoms with E-state index in [1.54, 1.807) is 18.2 Å². The highest BCUT2D eigenvalue weighted by molar-refractivity contribution is 6.42. The minimum Gasteiger partial charge on any atom is -0.394 e. The molecule has 0 aliphatic rings. The van der Waals surface area contributed by atoms with Gasteiger partial charge in [0.2, 0.25) is 0 Å². The molecule has 0 aromatic heterocycles. The van der Waals surface area contributed by atoms with Crippen LogP contribution in [-0.4, -0.2) is 30.0 Å². The van der Waals surface area contributed by atoms with E-state index in [4.69, 9.17) is 28.3 Å². The minimum atomic E-state index is -0.475. The number of rotatable bonds is 5. The predicted octanol–water partition coefficient (Wildman–Crippen LogP) is 2.40. The number of urea groups is 1. The fraction of sp³-hybridized carbons (Fsp3) is 0.333. The van der Waals surface area contributed by atoms with E-state index >= 15 is 0 Å². The summed E-state index contributed by atoms with van der Waals surface area (Å²) in [5, 5.41) is 16.1. The van der Waals surface area contributed by atoms with Crippen LogP contribution in [0.5, 0.6) is 0 Å². The van der Waals surface area contributed by atoms with E-state index in [9.17, 15) is 4.79 Å². The molecule has 7 heteroatoms. The van der Waals surface area contributed by atoms with Crippen molar-refractivity contribution < 1.29 is 9.90 Å². The van der Waals surface area contributed by atoms with Gasteiger partial charge in [0.15, 0.2) is 0 Å². The van der Waals surface area contributed by atoms with E-state index in [2.05, 4.69) is 15.8 Å². The first-order valence-corrected chi connectivity index (χ1v) is 6.48. The Labute approximate surface area is 121 Å². The summed E-state index contributed by atoms with van der Waals surface area (Å²) < 4.78 is 0. The van der Waals surface area contributed by atoms with Crippen LogP contribution in [0.25, 0.3) is 0 Å². The second-order valence-corrected chi connectivity index (χ2v) is 4.62. The van der Waals surface area contributed by atoms with Crippen LogP contribution < -0.4 is 10.7 Å². The standard InChI is InChI=1S/C12H15Cl2N3O2/c1-2-9(7-18)16-12(19)17-15-6-8-3-4-10(13)11(14)5-8/h3-6,9,18H,2,7H2,1H3,(H2,16,17,19). The number of carbonyl (C=O) groups excluding carboxylic acids is 1. The molecule has 1 atom stereocenters. The number of nitrogens with one attached hydrogen (secondary N) is 2. The van der Waals surface area contributed by atoms with Gasteiger partial charge in [-0.2, -0.15) is 5.10 Å². The van der Waals surface area contributed by atoms with Crippen molar-refractivity contribution >= 4 is 35.4 Å². The van der Waals surface area contributed by atoms with Crippen molar-refractivity contribution in [3.8, 4) is 0 Å². The summed E-state index contributed by atoms with van der Waals surface area (Å²) in [6.45, 7) is 1.75. The van der Waals surface area contributed by atoms with Gasteiger partial charge in [0.1, 0.15) is 0 Å². The van der Waals surface area contributed by atoms with Crippen LogP contribution in [0.15, 0.2) is 23.3 Å². The maximum absolute atomic E-state index is 11.4. The minimum absolute atomic E-state index is 0.111. The maximum atomic E-state index is 11.4. The SMILES string of the molecule is CCC(CO)NC(=O)NN=Cc1ccc(Cl)c(Cl)c1. The molecule has 104 valence electrons. The van der Waals surface area contributed by atoms with Gasteiger partial charge >= 0.3 is 6.03 Å². The van der Waals surface area contributed by atoms with Gasteiger partial charge in [-0.05, 0) is 24.1 Å². The molecule has 1 unspecified atom stereocenters. The molecule has 0 saturated carbocycles. The van der Waals surface area contributed by atoms with Gasteiger partial charge in [0.05, 0.1) is 28.9 Å². The van der Waals surface area contributed by atoms with Gasteiger partial charge in [-0.3, -0.25) is 0 Å². The molecule has 19 heavy (non-hydrogen) atoms. The van der Waals surface area contributed by atoms with Crippen LogP contribution in [0.3, 0.4) is 0 Å². The van der Waals surface area contributed by atoms with E-state index < -0.39 is 6.03 Å². The number of benzene rings is 1. The van der Waals surface area contributed by atoms with E-state index in [-0.39, 0.29) is 12.6 Å². The van der Waals surface area contributed by atoms with Crippen LogP contribution in [-0.2, 0) is 0 Å². The van der Waals surface area contributed by atoms with Crippen molar-refractivity contribution in [2.24, 2.45) is 5.10 Å². The zero-order valence-electron chi connectivity index (χ0n) is 10.4. The molecule has 1 aromatic rings. The van der Waals surface area contributed by atoms with Gasteiger partial charge in [-0.1, -0.05) is 36.2 Å². The number of nitrogens with zero attached hydrogens (tertiary/aromatic N) is 1. The second-order valence-electron chi connectivity index (χ2n) is 3.80. The average molecular weight is 304 g/mol. The highest BCUT2D eigenvalue weighted by Gasteiger charge is 2.07. The molecule has 1 aromatic carbocycles. The monoisotopic (exact) mass is 303 g/mol. The fourth-order valence-corrected chi connectivity index (χ4v) is 1.56. The summed E-state index contributed by atoms with van der Waals surface area (Å²) in [6.07, 6.45) is 2.09. The van der Waals surface area contributed by atoms with Gasteiger partial charge in [-0.15, -0.1) is 0 Å². The lowest BCUT2D eigenvalue weighted by atomic mass is 10.2. The average Bonchev–Trinajstić information content (AvgIpc) is 2.40. The summed E-state index contributed by atoms with van der Waals surface area (Å²) >= 11 is 11.6. The molecule has 3 N–H and O–H groups in total. The smallest absolute Gasteiger partial charge is 0.335 e. The molecule has 0 aliphatic heterocycles. The first kappa shape index (κ1) is 15.8. The number of aliphatic hydroxyl groups is 1. The predicted molar refractivity (Wildman–Crippen MR) is 76.9 cm³/mol. The molecule has 2 amide bonds. The van der Waals surface area contributed by atoms with Crippen LogP contribution in [0.1, 0.15) is 18.9 Å². The molecule has 1 rings (SSSR count). The third-order valence-electron chi connectivity index (χ3n) is 2.37. The molecule has 0 spiro atoms. The topological polar surface area (TPSA) is 73.7 Å². The van der Waals surface area contributed by atoms with Crippen LogP contribution in [0, 0.1) is 0 Å². The number of hydrogen-bond acceptors (Lipinski definition) is 3. The molecule has 0 radical (unpaired) electrons. The fourth-order valence-electron chi connectivity index (χ4n) is 1.25. The van der Waals surface area contributed by atoms with Gasteiger partial charge in [0, 0.05) is 0 Å². The Morgan fingerprint density at radius 3 is 2.79 bits per heavy atom. The third kappa shape index (κ3) is 5.46. The Hall–Kier alpha value is -1.30. The summed E-state index contributed by atoms with van der Waals surface area (Å²) in [7, 11) is 0. The Bertz CT molecular complexity index is 462. The van der Waals surface area contributed by atoms with Crippen LogP contribution >= 0.6 is 23.2 Å². The van der Waals surface area contributed by atoms with E-state index in [0.29, 0.717) is 22.0 Å². The highest BCUT2D eigenvalue weighted by atomic mass is 35.5. The molecule has 5 nitrogen and oxygen atoms in total. The van der Waals surface area contributed by atoms with E-state index in [1.807, 2.05) is 6.92 Å². The normalized spacial score (nSPS) is 12.4. The summed E-state index contributed by atoms with van der Waals surface area (Å²) in [5.74, 6) is 0. The van der Waals surface area contributed by atoms with E-state index in [0.717, 1.165) is 0 Å². The number of amides is 2. The van der Waals surface area contributed by atoms with Crippen molar-refractivity contribution in [3.63, 3.8) is 0 Å². The Morgan fingerprint density at radius 2 is 2.21 bits per heavy atom. The van der Waals surface area contributed by atoms with Crippen molar-refractivity contribution in [2.75, 3.05) is 6.61 Å². The van der Waals surface area contributed by atoms with Gasteiger partial charge in [-0.25, -0.2) is 10.2 Å². The van der Waals surface area contributed by atoms with Gasteiger partial charge in [0.25, 0.3) is 0 Å². The van der Waals surface area contributed by atoms with Crippen molar-refractivity contribution in [3.05, 3.63) is 33.8 Å². The molecule has 0 aliphatic carbocycles. The first-order chi connectivity index (χ1) is 9.06. The maximum Gasteiger partial charge on any atom is 0.335 e. The molecular formula is C12H15Cl2N3O2. The zero-order valence-corrected chi connectivity index (χ0v) is 11.9. The Balaban J connectivity index is 2.49. The number of carbonyl (C=O) groups is 1. The number of halogens is 2. The number of hydrogen-bond donors (Lipinski definition) is 3. The Morgan fingerprint density at radius 1 is 1.47 bits per heavy atom. The largest absolute Gasteiger partial charge is 0.394 e. The third-order valence-corrected chi connectivity index (χ3v) is 3.11. The number of hydrazone groups is 1. The first-order valence-electron chi connectivity index (χ1n) is 5.72. The summed E-state index contributed by atoms with van der Waals surface area (Å²) in [5.41, 5.74) is 3.01. The van der Waals surface area contributed by atoms with E-state index in [1.165, 1.54) is 6.21 Å². The van der Waals surface area contributed by atoms with Crippen molar-refractivity contribution in [1.29, 1.82) is 0 Å². The molecular weight excluding hydrogens is 289 g/mol. The lowest BCUT2D eigenvalue weighted by molar-refractivity contribution is 0.215.